The van der Waals surface area contributed by atoms with Crippen LogP contribution in [-0.2, 0) is 35.4 Å². The van der Waals surface area contributed by atoms with Gasteiger partial charge in [0.15, 0.2) is 21.7 Å². The van der Waals surface area contributed by atoms with E-state index in [4.69, 9.17) is 14.2 Å². The highest BCUT2D eigenvalue weighted by atomic mass is 32.2. The number of halogens is 1. The molecule has 17 heteroatoms. The van der Waals surface area contributed by atoms with Gasteiger partial charge in [0.25, 0.3) is 0 Å². The normalized spacial score (nSPS) is 14.1. The van der Waals surface area contributed by atoms with E-state index < -0.39 is 57.0 Å². The predicted molar refractivity (Wildman–Crippen MR) is 239 cm³/mol. The van der Waals surface area contributed by atoms with Crippen LogP contribution in [0.1, 0.15) is 116 Å². The van der Waals surface area contributed by atoms with E-state index in [0.717, 1.165) is 19.0 Å². The quantitative estimate of drug-likeness (QED) is 0.0731. The number of unbranched alkanes of at least 4 members (excludes halogenated alkanes) is 1. The number of carboxylic acids is 1. The SMILES string of the molecule is CCCCOc1ccc(C(Nc2ccc3c(N(C(=O)OC(C)(C)C)C(=O)OC(C)(C)C)ncc(F)c3c2)C(=O)O)cc1[C@@H](C)CC(=O)Nc1ccc(S(=O)(=O)C2CC2)c(CNC)c1. The molecule has 4 N–H and O–H groups in total. The highest BCUT2D eigenvalue weighted by molar-refractivity contribution is 7.92. The standard InChI is InChI=1S/C46H58FN5O10S/c1-10-11-20-60-37-18-12-28(23-34(37)27(2)21-39(53)50-30-14-19-38(29(22-30)25-48-9)63(58,59)32-15-16-32)40(42(54)55)51-31-13-17-33-35(24-31)36(47)26-49-41(33)52(43(56)61-45(3,4)5)44(57)62-46(6,7)8/h12-14,17-19,22-24,26-27,32,40,48,51H,10-11,15-16,20-21,25H2,1-9H3,(H,50,53)(H,54,55)/t27-,40?/m0/s1. The van der Waals surface area contributed by atoms with E-state index in [1.54, 1.807) is 78.9 Å². The molecule has 3 amide bonds. The number of sulfone groups is 1. The Morgan fingerprint density at radius 2 is 1.57 bits per heavy atom. The van der Waals surface area contributed by atoms with E-state index in [2.05, 4.69) is 20.9 Å². The van der Waals surface area contributed by atoms with E-state index in [1.807, 2.05) is 13.8 Å². The molecule has 340 valence electrons. The predicted octanol–water partition coefficient (Wildman–Crippen LogP) is 9.26. The van der Waals surface area contributed by atoms with Crippen molar-refractivity contribution < 1.29 is 51.3 Å². The Morgan fingerprint density at radius 1 is 0.921 bits per heavy atom. The third-order valence-electron chi connectivity index (χ3n) is 9.87. The van der Waals surface area contributed by atoms with Crippen molar-refractivity contribution >= 4 is 61.9 Å². The second-order valence-electron chi connectivity index (χ2n) is 17.7. The molecule has 1 fully saturated rings. The summed E-state index contributed by atoms with van der Waals surface area (Å²) < 4.78 is 58.8. The van der Waals surface area contributed by atoms with Gasteiger partial charge in [-0.05, 0) is 139 Å². The summed E-state index contributed by atoms with van der Waals surface area (Å²) in [4.78, 5) is 58.2. The molecule has 1 aromatic heterocycles. The molecule has 1 aliphatic rings. The van der Waals surface area contributed by atoms with Crippen LogP contribution < -0.4 is 25.6 Å². The topological polar surface area (TPSA) is 203 Å². The molecule has 1 saturated carbocycles. The number of benzene rings is 3. The van der Waals surface area contributed by atoms with Crippen LogP contribution in [0.25, 0.3) is 10.8 Å². The van der Waals surface area contributed by atoms with Crippen LogP contribution in [-0.4, -0.2) is 72.7 Å². The van der Waals surface area contributed by atoms with Gasteiger partial charge < -0.3 is 35.3 Å². The minimum Gasteiger partial charge on any atom is -0.493 e. The molecule has 0 spiro atoms. The summed E-state index contributed by atoms with van der Waals surface area (Å²) in [5.41, 5.74) is 0.0639. The van der Waals surface area contributed by atoms with Gasteiger partial charge in [0.2, 0.25) is 5.91 Å². The Kier molecular flexibility index (Phi) is 15.1. The molecule has 4 aromatic rings. The van der Waals surface area contributed by atoms with Crippen LogP contribution in [0, 0.1) is 5.82 Å². The smallest absolute Gasteiger partial charge is 0.425 e. The number of aromatic nitrogens is 1. The van der Waals surface area contributed by atoms with E-state index in [9.17, 15) is 32.7 Å². The molecule has 0 aliphatic heterocycles. The minimum atomic E-state index is -3.47. The highest BCUT2D eigenvalue weighted by Crippen LogP contribution is 2.38. The van der Waals surface area contributed by atoms with Crippen molar-refractivity contribution in [3.05, 3.63) is 83.3 Å². The Balaban J connectivity index is 1.44. The maximum Gasteiger partial charge on any atom is 0.425 e. The van der Waals surface area contributed by atoms with Crippen molar-refractivity contribution in [3.8, 4) is 5.75 Å². The summed E-state index contributed by atoms with van der Waals surface area (Å²) in [5, 5.41) is 19.0. The lowest BCUT2D eigenvalue weighted by atomic mass is 9.92. The van der Waals surface area contributed by atoms with Crippen molar-refractivity contribution in [2.24, 2.45) is 0 Å². The van der Waals surface area contributed by atoms with Crippen LogP contribution in [0.15, 0.2) is 65.7 Å². The second kappa shape index (κ2) is 19.7. The largest absolute Gasteiger partial charge is 0.493 e. The molecular weight excluding hydrogens is 834 g/mol. The average Bonchev–Trinajstić information content (AvgIpc) is 4.04. The van der Waals surface area contributed by atoms with Crippen molar-refractivity contribution in [1.82, 2.24) is 10.3 Å². The minimum absolute atomic E-state index is 0.0217. The Hall–Kier alpha value is -5.81. The number of aliphatic carboxylic acids is 1. The van der Waals surface area contributed by atoms with E-state index >= 15 is 4.39 Å². The number of nitrogens with zero attached hydrogens (tertiary/aromatic N) is 2. The molecule has 0 radical (unpaired) electrons. The fourth-order valence-corrected chi connectivity index (χ4v) is 8.66. The maximum absolute atomic E-state index is 15.5. The summed E-state index contributed by atoms with van der Waals surface area (Å²) in [6, 6.07) is 12.6. The van der Waals surface area contributed by atoms with Crippen LogP contribution in [0.4, 0.5) is 31.2 Å². The van der Waals surface area contributed by atoms with Gasteiger partial charge >= 0.3 is 18.2 Å². The molecule has 15 nitrogen and oxygen atoms in total. The number of rotatable bonds is 17. The van der Waals surface area contributed by atoms with E-state index in [0.29, 0.717) is 59.0 Å². The first-order chi connectivity index (χ1) is 29.5. The fourth-order valence-electron chi connectivity index (χ4n) is 6.79. The van der Waals surface area contributed by atoms with Gasteiger partial charge in [-0.1, -0.05) is 26.3 Å². The number of nitrogens with one attached hydrogen (secondary N) is 3. The number of fused-ring (bicyclic) bond motifs is 1. The Labute approximate surface area is 368 Å². The van der Waals surface area contributed by atoms with Gasteiger partial charge in [-0.3, -0.25) is 4.79 Å². The van der Waals surface area contributed by atoms with Gasteiger partial charge in [0.1, 0.15) is 22.8 Å². The number of carbonyl (C=O) groups excluding carboxylic acids is 3. The summed E-state index contributed by atoms with van der Waals surface area (Å²) in [6.07, 6.45) is 1.53. The van der Waals surface area contributed by atoms with Crippen LogP contribution in [0.5, 0.6) is 5.75 Å². The van der Waals surface area contributed by atoms with Gasteiger partial charge in [-0.15, -0.1) is 0 Å². The first-order valence-corrected chi connectivity index (χ1v) is 22.5. The summed E-state index contributed by atoms with van der Waals surface area (Å²) >= 11 is 0. The summed E-state index contributed by atoms with van der Waals surface area (Å²) in [6.45, 7) is 14.2. The highest BCUT2D eigenvalue weighted by Gasteiger charge is 2.38. The first kappa shape index (κ1) is 48.2. The van der Waals surface area contributed by atoms with Gasteiger partial charge in [-0.2, -0.15) is 4.90 Å². The number of carboxylic acid groups (broad SMARTS) is 1. The summed E-state index contributed by atoms with van der Waals surface area (Å²) in [5.74, 6) is -2.66. The Morgan fingerprint density at radius 3 is 2.16 bits per heavy atom. The van der Waals surface area contributed by atoms with E-state index in [-0.39, 0.29) is 44.8 Å². The van der Waals surface area contributed by atoms with Crippen molar-refractivity contribution in [3.63, 3.8) is 0 Å². The second-order valence-corrected chi connectivity index (χ2v) is 19.8. The molecule has 5 rings (SSSR count). The molecule has 1 unspecified atom stereocenters. The molecule has 0 saturated heterocycles. The molecule has 0 bridgehead atoms. The number of imide groups is 1. The average molecular weight is 892 g/mol. The molecule has 2 atom stereocenters. The van der Waals surface area contributed by atoms with Crippen LogP contribution >= 0.6 is 0 Å². The van der Waals surface area contributed by atoms with Crippen molar-refractivity contribution in [2.75, 3.05) is 29.2 Å². The van der Waals surface area contributed by atoms with Gasteiger partial charge in [0, 0.05) is 35.1 Å². The summed E-state index contributed by atoms with van der Waals surface area (Å²) in [7, 11) is -1.75. The monoisotopic (exact) mass is 891 g/mol. The van der Waals surface area contributed by atoms with Crippen LogP contribution in [0.3, 0.4) is 0 Å². The molecule has 3 aromatic carbocycles. The van der Waals surface area contributed by atoms with E-state index in [1.165, 1.54) is 24.3 Å². The molecule has 1 aliphatic carbocycles. The lowest BCUT2D eigenvalue weighted by molar-refractivity contribution is -0.138. The van der Waals surface area contributed by atoms with Gasteiger partial charge in [0.05, 0.1) is 22.9 Å². The lowest BCUT2D eigenvalue weighted by Gasteiger charge is -2.28. The number of hydrogen-bond acceptors (Lipinski definition) is 12. The molecule has 1 heterocycles. The zero-order chi connectivity index (χ0) is 46.4. The first-order valence-electron chi connectivity index (χ1n) is 20.9. The zero-order valence-corrected chi connectivity index (χ0v) is 38.1. The Bertz CT molecular complexity index is 2430. The lowest BCUT2D eigenvalue weighted by Crippen LogP contribution is -2.44. The number of carbonyl (C=O) groups is 4. The van der Waals surface area contributed by atoms with Gasteiger partial charge in [-0.25, -0.2) is 32.2 Å². The molecular formula is C46H58FN5O10S. The number of hydrogen-bond donors (Lipinski definition) is 4. The number of anilines is 3. The van der Waals surface area contributed by atoms with Crippen molar-refractivity contribution in [1.29, 1.82) is 0 Å². The number of ether oxygens (including phenoxy) is 3. The third-order valence-corrected chi connectivity index (χ3v) is 12.2. The maximum atomic E-state index is 15.5. The number of pyridine rings is 1. The third kappa shape index (κ3) is 12.4. The van der Waals surface area contributed by atoms with Crippen LogP contribution in [0.2, 0.25) is 0 Å². The zero-order valence-electron chi connectivity index (χ0n) is 37.3. The molecule has 63 heavy (non-hydrogen) atoms. The fraction of sp³-hybridized carbons (Fsp3) is 0.457. The number of amides is 3. The van der Waals surface area contributed by atoms with Crippen molar-refractivity contribution in [2.45, 2.75) is 127 Å².